The number of hydrogen-bond acceptors (Lipinski definition) is 8. The van der Waals surface area contributed by atoms with Crippen molar-refractivity contribution in [2.45, 2.75) is 4.90 Å². The number of methoxy groups -OCH3 is 1. The Kier molecular flexibility index (Phi) is 6.04. The highest BCUT2D eigenvalue weighted by atomic mass is 32.2. The van der Waals surface area contributed by atoms with Gasteiger partial charge in [-0.15, -0.1) is 10.2 Å². The van der Waals surface area contributed by atoms with Gasteiger partial charge in [0.05, 0.1) is 18.3 Å². The minimum absolute atomic E-state index is 0.00575. The second-order valence-corrected chi connectivity index (χ2v) is 7.57. The molecule has 29 heavy (non-hydrogen) atoms. The number of benzene rings is 1. The van der Waals surface area contributed by atoms with E-state index >= 15 is 0 Å². The Hall–Kier alpha value is -3.51. The number of ether oxygens (including phenoxy) is 1. The van der Waals surface area contributed by atoms with Gasteiger partial charge in [0.15, 0.2) is 16.7 Å². The zero-order chi connectivity index (χ0) is 20.9. The Labute approximate surface area is 171 Å². The van der Waals surface area contributed by atoms with Gasteiger partial charge in [0, 0.05) is 11.8 Å². The van der Waals surface area contributed by atoms with Gasteiger partial charge < -0.3 is 14.5 Å². The standard InChI is InChI=1S/C17H15N5O5S2/c1-26-15-9-8-14(20-21-15)22-29(24,25)12-6-4-11(5-7-12)18-17(28)19-16(23)13-3-2-10-27-13/h2-10H,1H3,(H,20,22)(H2,18,19,23,28). The van der Waals surface area contributed by atoms with Crippen molar-refractivity contribution >= 4 is 44.8 Å². The van der Waals surface area contributed by atoms with Crippen LogP contribution < -0.4 is 20.1 Å². The zero-order valence-corrected chi connectivity index (χ0v) is 16.6. The highest BCUT2D eigenvalue weighted by Gasteiger charge is 2.16. The second kappa shape index (κ2) is 8.67. The second-order valence-electron chi connectivity index (χ2n) is 5.48. The molecule has 2 aromatic heterocycles. The first-order valence-corrected chi connectivity index (χ1v) is 9.93. The fraction of sp³-hybridized carbons (Fsp3) is 0.0588. The molecule has 0 aliphatic carbocycles. The summed E-state index contributed by atoms with van der Waals surface area (Å²) in [5, 5.41) is 12.7. The Morgan fingerprint density at radius 2 is 1.86 bits per heavy atom. The van der Waals surface area contributed by atoms with Crippen molar-refractivity contribution in [3.05, 3.63) is 60.6 Å². The van der Waals surface area contributed by atoms with E-state index in [0.717, 1.165) is 0 Å². The van der Waals surface area contributed by atoms with Crippen LogP contribution >= 0.6 is 12.2 Å². The highest BCUT2D eigenvalue weighted by Crippen LogP contribution is 2.17. The molecule has 10 nitrogen and oxygen atoms in total. The topological polar surface area (TPSA) is 135 Å². The maximum Gasteiger partial charge on any atom is 0.293 e. The third-order valence-corrected chi connectivity index (χ3v) is 5.06. The Morgan fingerprint density at radius 1 is 1.10 bits per heavy atom. The maximum atomic E-state index is 12.4. The molecule has 0 unspecified atom stereocenters. The molecule has 0 aliphatic heterocycles. The maximum absolute atomic E-state index is 12.4. The molecule has 0 radical (unpaired) electrons. The first-order chi connectivity index (χ1) is 13.9. The molecule has 3 aromatic rings. The fourth-order valence-electron chi connectivity index (χ4n) is 2.13. The molecule has 3 rings (SSSR count). The molecule has 0 bridgehead atoms. The van der Waals surface area contributed by atoms with Crippen molar-refractivity contribution in [1.29, 1.82) is 0 Å². The molecule has 1 amide bonds. The van der Waals surface area contributed by atoms with Crippen LogP contribution in [0.25, 0.3) is 0 Å². The van der Waals surface area contributed by atoms with Gasteiger partial charge in [-0.1, -0.05) is 0 Å². The third kappa shape index (κ3) is 5.27. The van der Waals surface area contributed by atoms with E-state index in [1.165, 1.54) is 55.8 Å². The SMILES string of the molecule is COc1ccc(NS(=O)(=O)c2ccc(NC(=S)NC(=O)c3ccco3)cc2)nn1. The van der Waals surface area contributed by atoms with Crippen LogP contribution in [0.5, 0.6) is 5.88 Å². The molecule has 0 saturated carbocycles. The number of carbonyl (C=O) groups excluding carboxylic acids is 1. The van der Waals surface area contributed by atoms with Gasteiger partial charge in [0.25, 0.3) is 15.9 Å². The lowest BCUT2D eigenvalue weighted by Crippen LogP contribution is -2.33. The number of sulfonamides is 1. The molecular weight excluding hydrogens is 418 g/mol. The average Bonchev–Trinajstić information content (AvgIpc) is 3.24. The number of thiocarbonyl (C=S) groups is 1. The lowest BCUT2D eigenvalue weighted by atomic mass is 10.3. The van der Waals surface area contributed by atoms with Gasteiger partial charge in [0.1, 0.15) is 0 Å². The minimum atomic E-state index is -3.86. The van der Waals surface area contributed by atoms with Gasteiger partial charge in [-0.25, -0.2) is 8.42 Å². The third-order valence-electron chi connectivity index (χ3n) is 3.48. The zero-order valence-electron chi connectivity index (χ0n) is 14.9. The van der Waals surface area contributed by atoms with E-state index in [9.17, 15) is 13.2 Å². The summed E-state index contributed by atoms with van der Waals surface area (Å²) in [6.45, 7) is 0. The smallest absolute Gasteiger partial charge is 0.293 e. The van der Waals surface area contributed by atoms with Crippen molar-refractivity contribution in [2.75, 3.05) is 17.1 Å². The van der Waals surface area contributed by atoms with Crippen LogP contribution in [-0.2, 0) is 10.0 Å². The van der Waals surface area contributed by atoms with Crippen LogP contribution in [0.4, 0.5) is 11.5 Å². The molecule has 12 heteroatoms. The van der Waals surface area contributed by atoms with Crippen molar-refractivity contribution < 1.29 is 22.4 Å². The molecule has 3 N–H and O–H groups in total. The number of rotatable bonds is 6. The van der Waals surface area contributed by atoms with Crippen LogP contribution in [0.1, 0.15) is 10.6 Å². The summed E-state index contributed by atoms with van der Waals surface area (Å²) >= 11 is 5.06. The predicted octanol–water partition coefficient (Wildman–Crippen LogP) is 2.01. The summed E-state index contributed by atoms with van der Waals surface area (Å²) in [7, 11) is -2.43. The molecule has 0 spiro atoms. The van der Waals surface area contributed by atoms with Crippen molar-refractivity contribution in [2.24, 2.45) is 0 Å². The number of nitrogens with zero attached hydrogens (tertiary/aromatic N) is 2. The van der Waals surface area contributed by atoms with Gasteiger partial charge in [0.2, 0.25) is 5.88 Å². The van der Waals surface area contributed by atoms with Gasteiger partial charge in [-0.2, -0.15) is 0 Å². The summed E-state index contributed by atoms with van der Waals surface area (Å²) in [5.74, 6) is -0.0758. The molecule has 0 aliphatic rings. The molecule has 0 fully saturated rings. The summed E-state index contributed by atoms with van der Waals surface area (Å²) < 4.78 is 37.0. The predicted molar refractivity (Wildman–Crippen MR) is 108 cm³/mol. The van der Waals surface area contributed by atoms with E-state index in [-0.39, 0.29) is 27.5 Å². The first kappa shape index (κ1) is 20.2. The van der Waals surface area contributed by atoms with E-state index in [1.54, 1.807) is 6.07 Å². The fourth-order valence-corrected chi connectivity index (χ4v) is 3.34. The van der Waals surface area contributed by atoms with E-state index < -0.39 is 15.9 Å². The number of amides is 1. The van der Waals surface area contributed by atoms with E-state index in [4.69, 9.17) is 21.4 Å². The first-order valence-electron chi connectivity index (χ1n) is 8.04. The lowest BCUT2D eigenvalue weighted by molar-refractivity contribution is 0.0950. The Bertz CT molecular complexity index is 1100. The lowest BCUT2D eigenvalue weighted by Gasteiger charge is -2.10. The highest BCUT2D eigenvalue weighted by molar-refractivity contribution is 7.92. The van der Waals surface area contributed by atoms with Crippen LogP contribution in [0.3, 0.4) is 0 Å². The number of carbonyl (C=O) groups is 1. The molecule has 2 heterocycles. The summed E-state index contributed by atoms with van der Waals surface area (Å²) in [6.07, 6.45) is 1.37. The Morgan fingerprint density at radius 3 is 2.45 bits per heavy atom. The number of anilines is 2. The quantitative estimate of drug-likeness (QED) is 0.499. The summed E-state index contributed by atoms with van der Waals surface area (Å²) in [4.78, 5) is 11.9. The largest absolute Gasteiger partial charge is 0.480 e. The Balaban J connectivity index is 1.62. The summed E-state index contributed by atoms with van der Waals surface area (Å²) in [6, 6.07) is 11.7. The van der Waals surface area contributed by atoms with Crippen LogP contribution in [-0.4, -0.2) is 36.7 Å². The molecule has 0 atom stereocenters. The minimum Gasteiger partial charge on any atom is -0.480 e. The average molecular weight is 433 g/mol. The van der Waals surface area contributed by atoms with E-state index in [1.807, 2.05) is 0 Å². The van der Waals surface area contributed by atoms with Gasteiger partial charge in [-0.05, 0) is 54.7 Å². The molecular formula is C17H15N5O5S2. The van der Waals surface area contributed by atoms with Crippen LogP contribution in [0.2, 0.25) is 0 Å². The van der Waals surface area contributed by atoms with E-state index in [0.29, 0.717) is 5.69 Å². The molecule has 150 valence electrons. The summed E-state index contributed by atoms with van der Waals surface area (Å²) in [5.41, 5.74) is 0.484. The van der Waals surface area contributed by atoms with Crippen molar-refractivity contribution in [1.82, 2.24) is 15.5 Å². The monoisotopic (exact) mass is 433 g/mol. The van der Waals surface area contributed by atoms with Crippen LogP contribution in [0.15, 0.2) is 64.1 Å². The number of aromatic nitrogens is 2. The van der Waals surface area contributed by atoms with Crippen LogP contribution in [0, 0.1) is 0 Å². The van der Waals surface area contributed by atoms with Crippen molar-refractivity contribution in [3.63, 3.8) is 0 Å². The number of hydrogen-bond donors (Lipinski definition) is 3. The van der Waals surface area contributed by atoms with Gasteiger partial charge >= 0.3 is 0 Å². The molecule has 0 saturated heterocycles. The van der Waals surface area contributed by atoms with Gasteiger partial charge in [-0.3, -0.25) is 14.8 Å². The number of furan rings is 1. The normalized spacial score (nSPS) is 10.8. The van der Waals surface area contributed by atoms with E-state index in [2.05, 4.69) is 25.6 Å². The van der Waals surface area contributed by atoms with Crippen molar-refractivity contribution in [3.8, 4) is 5.88 Å². The molecule has 1 aromatic carbocycles. The number of nitrogens with one attached hydrogen (secondary N) is 3.